The van der Waals surface area contributed by atoms with E-state index in [-0.39, 0.29) is 5.56 Å². The SMILES string of the molecule is O=C(Nc1cc(Br)cc(C(=O)O)c1)Nc1cnns1. The second-order valence-electron chi connectivity index (χ2n) is 3.39. The lowest BCUT2D eigenvalue weighted by atomic mass is 10.2. The van der Waals surface area contributed by atoms with E-state index in [1.807, 2.05) is 0 Å². The molecule has 0 unspecified atom stereocenters. The molecular formula is C10H7BrN4O3S. The van der Waals surface area contributed by atoms with Gasteiger partial charge in [0.15, 0.2) is 0 Å². The molecule has 1 aromatic heterocycles. The largest absolute Gasteiger partial charge is 0.478 e. The quantitative estimate of drug-likeness (QED) is 0.795. The highest BCUT2D eigenvalue weighted by Crippen LogP contribution is 2.20. The number of urea groups is 1. The van der Waals surface area contributed by atoms with E-state index < -0.39 is 12.0 Å². The van der Waals surface area contributed by atoms with Gasteiger partial charge in [-0.2, -0.15) is 0 Å². The number of aromatic nitrogens is 2. The van der Waals surface area contributed by atoms with Crippen molar-refractivity contribution in [3.8, 4) is 0 Å². The van der Waals surface area contributed by atoms with E-state index in [1.54, 1.807) is 6.07 Å². The van der Waals surface area contributed by atoms with Crippen molar-refractivity contribution in [2.75, 3.05) is 10.6 Å². The van der Waals surface area contributed by atoms with Gasteiger partial charge in [0, 0.05) is 21.7 Å². The summed E-state index contributed by atoms with van der Waals surface area (Å²) in [7, 11) is 0. The number of anilines is 2. The van der Waals surface area contributed by atoms with Gasteiger partial charge in [-0.05, 0) is 18.2 Å². The van der Waals surface area contributed by atoms with Crippen LogP contribution in [0, 0.1) is 0 Å². The summed E-state index contributed by atoms with van der Waals surface area (Å²) in [4.78, 5) is 22.5. The van der Waals surface area contributed by atoms with Crippen molar-refractivity contribution in [3.05, 3.63) is 34.4 Å². The van der Waals surface area contributed by atoms with Crippen LogP contribution in [-0.4, -0.2) is 26.7 Å². The minimum absolute atomic E-state index is 0.0733. The molecule has 0 aliphatic heterocycles. The Bertz CT molecular complexity index is 617. The van der Waals surface area contributed by atoms with E-state index in [1.165, 1.54) is 18.3 Å². The summed E-state index contributed by atoms with van der Waals surface area (Å²) in [5.74, 6) is -1.07. The third-order valence-electron chi connectivity index (χ3n) is 2.00. The molecule has 19 heavy (non-hydrogen) atoms. The maximum absolute atomic E-state index is 11.6. The highest BCUT2D eigenvalue weighted by atomic mass is 79.9. The molecule has 0 atom stereocenters. The number of carboxylic acids is 1. The second kappa shape index (κ2) is 5.76. The van der Waals surface area contributed by atoms with Crippen molar-refractivity contribution in [1.29, 1.82) is 0 Å². The van der Waals surface area contributed by atoms with Gasteiger partial charge in [-0.3, -0.25) is 5.32 Å². The van der Waals surface area contributed by atoms with Crippen molar-refractivity contribution in [3.63, 3.8) is 0 Å². The number of hydrogen-bond acceptors (Lipinski definition) is 5. The molecule has 7 nitrogen and oxygen atoms in total. The summed E-state index contributed by atoms with van der Waals surface area (Å²) >= 11 is 4.22. The first-order chi connectivity index (χ1) is 9.04. The first-order valence-electron chi connectivity index (χ1n) is 4.94. The molecule has 0 bridgehead atoms. The number of nitrogens with zero attached hydrogens (tertiary/aromatic N) is 2. The maximum Gasteiger partial charge on any atom is 0.335 e. The Hall–Kier alpha value is -2.00. The molecule has 2 aromatic rings. The van der Waals surface area contributed by atoms with E-state index in [4.69, 9.17) is 5.11 Å². The number of amides is 2. The Labute approximate surface area is 119 Å². The molecule has 0 aliphatic rings. The lowest BCUT2D eigenvalue weighted by Gasteiger charge is -2.07. The molecule has 0 saturated heterocycles. The van der Waals surface area contributed by atoms with Crippen molar-refractivity contribution in [2.45, 2.75) is 0 Å². The molecular weight excluding hydrogens is 336 g/mol. The van der Waals surface area contributed by atoms with Crippen LogP contribution in [-0.2, 0) is 0 Å². The molecule has 1 heterocycles. The van der Waals surface area contributed by atoms with Gasteiger partial charge >= 0.3 is 12.0 Å². The van der Waals surface area contributed by atoms with Gasteiger partial charge in [0.1, 0.15) is 5.00 Å². The third-order valence-corrected chi connectivity index (χ3v) is 3.04. The predicted octanol–water partition coefficient (Wildman–Crippen LogP) is 2.64. The molecule has 0 saturated carbocycles. The number of carbonyl (C=O) groups excluding carboxylic acids is 1. The van der Waals surface area contributed by atoms with Gasteiger partial charge in [0.25, 0.3) is 0 Å². The average molecular weight is 343 g/mol. The van der Waals surface area contributed by atoms with Crippen LogP contribution in [0.15, 0.2) is 28.9 Å². The standard InChI is InChI=1S/C10H7BrN4O3S/c11-6-1-5(9(16)17)2-7(3-6)13-10(18)14-8-4-12-15-19-8/h1-4H,(H,16,17)(H2,13,14,18). The van der Waals surface area contributed by atoms with Gasteiger partial charge in [-0.15, -0.1) is 5.10 Å². The fourth-order valence-corrected chi connectivity index (χ4v) is 2.19. The van der Waals surface area contributed by atoms with Crippen molar-refractivity contribution in [1.82, 2.24) is 9.59 Å². The lowest BCUT2D eigenvalue weighted by Crippen LogP contribution is -2.19. The number of benzene rings is 1. The smallest absolute Gasteiger partial charge is 0.335 e. The molecule has 1 aromatic carbocycles. The highest BCUT2D eigenvalue weighted by Gasteiger charge is 2.09. The fraction of sp³-hybridized carbons (Fsp3) is 0. The molecule has 0 spiro atoms. The monoisotopic (exact) mass is 342 g/mol. The van der Waals surface area contributed by atoms with E-state index in [0.717, 1.165) is 11.5 Å². The van der Waals surface area contributed by atoms with Crippen LogP contribution in [0.4, 0.5) is 15.5 Å². The van der Waals surface area contributed by atoms with Crippen molar-refractivity contribution >= 4 is 50.2 Å². The molecule has 2 amide bonds. The lowest BCUT2D eigenvalue weighted by molar-refractivity contribution is 0.0697. The summed E-state index contributed by atoms with van der Waals surface area (Å²) < 4.78 is 4.16. The molecule has 9 heteroatoms. The Balaban J connectivity index is 2.10. The van der Waals surface area contributed by atoms with E-state index in [0.29, 0.717) is 15.2 Å². The zero-order valence-electron chi connectivity index (χ0n) is 9.25. The topological polar surface area (TPSA) is 104 Å². The van der Waals surface area contributed by atoms with Crippen LogP contribution in [0.2, 0.25) is 0 Å². The van der Waals surface area contributed by atoms with E-state index in [2.05, 4.69) is 36.2 Å². The normalized spacial score (nSPS) is 9.95. The van der Waals surface area contributed by atoms with Crippen LogP contribution in [0.1, 0.15) is 10.4 Å². The summed E-state index contributed by atoms with van der Waals surface area (Å²) in [6, 6.07) is 3.90. The first-order valence-corrected chi connectivity index (χ1v) is 6.50. The minimum Gasteiger partial charge on any atom is -0.478 e. The molecule has 2 rings (SSSR count). The number of nitrogens with one attached hydrogen (secondary N) is 2. The number of rotatable bonds is 3. The Morgan fingerprint density at radius 1 is 1.26 bits per heavy atom. The first kappa shape index (κ1) is 13.4. The number of aromatic carboxylic acids is 1. The van der Waals surface area contributed by atoms with Crippen LogP contribution in [0.5, 0.6) is 0 Å². The van der Waals surface area contributed by atoms with Gasteiger partial charge in [0.2, 0.25) is 0 Å². The zero-order chi connectivity index (χ0) is 13.8. The Kier molecular flexibility index (Phi) is 4.07. The van der Waals surface area contributed by atoms with Crippen LogP contribution in [0.25, 0.3) is 0 Å². The molecule has 0 aliphatic carbocycles. The number of hydrogen-bond donors (Lipinski definition) is 3. The third kappa shape index (κ3) is 3.73. The second-order valence-corrected chi connectivity index (χ2v) is 5.10. The summed E-state index contributed by atoms with van der Waals surface area (Å²) in [5, 5.41) is 18.0. The van der Waals surface area contributed by atoms with Crippen LogP contribution in [0.3, 0.4) is 0 Å². The van der Waals surface area contributed by atoms with Gasteiger partial charge in [-0.25, -0.2) is 9.59 Å². The molecule has 0 radical (unpaired) electrons. The molecule has 98 valence electrons. The number of halogens is 1. The van der Waals surface area contributed by atoms with Crippen LogP contribution >= 0.6 is 27.5 Å². The fourth-order valence-electron chi connectivity index (χ4n) is 1.28. The van der Waals surface area contributed by atoms with Gasteiger partial charge < -0.3 is 10.4 Å². The summed E-state index contributed by atoms with van der Waals surface area (Å²) in [6.45, 7) is 0. The van der Waals surface area contributed by atoms with E-state index in [9.17, 15) is 9.59 Å². The Morgan fingerprint density at radius 2 is 2.05 bits per heavy atom. The molecule has 3 N–H and O–H groups in total. The minimum atomic E-state index is -1.07. The zero-order valence-corrected chi connectivity index (χ0v) is 11.7. The number of carbonyl (C=O) groups is 2. The van der Waals surface area contributed by atoms with Gasteiger partial charge in [-0.1, -0.05) is 20.4 Å². The van der Waals surface area contributed by atoms with E-state index >= 15 is 0 Å². The maximum atomic E-state index is 11.6. The Morgan fingerprint density at radius 3 is 2.68 bits per heavy atom. The predicted molar refractivity (Wildman–Crippen MR) is 73.7 cm³/mol. The van der Waals surface area contributed by atoms with Crippen LogP contribution < -0.4 is 10.6 Å². The van der Waals surface area contributed by atoms with Crippen molar-refractivity contribution < 1.29 is 14.7 Å². The summed E-state index contributed by atoms with van der Waals surface area (Å²) in [5.41, 5.74) is 0.436. The van der Waals surface area contributed by atoms with Gasteiger partial charge in [0.05, 0.1) is 11.8 Å². The number of carboxylic acid groups (broad SMARTS) is 1. The van der Waals surface area contributed by atoms with Crippen molar-refractivity contribution in [2.24, 2.45) is 0 Å². The summed E-state index contributed by atoms with van der Waals surface area (Å²) in [6.07, 6.45) is 1.41. The highest BCUT2D eigenvalue weighted by molar-refractivity contribution is 9.10. The average Bonchev–Trinajstić information content (AvgIpc) is 2.80. The molecule has 0 fully saturated rings.